The van der Waals surface area contributed by atoms with Crippen LogP contribution in [0.2, 0.25) is 0 Å². The van der Waals surface area contributed by atoms with E-state index in [9.17, 15) is 4.79 Å². The molecule has 1 amide bonds. The largest absolute Gasteiger partial charge is 0.493 e. The van der Waals surface area contributed by atoms with E-state index < -0.39 is 0 Å². The zero-order chi connectivity index (χ0) is 20.7. The molecule has 0 heterocycles. The normalized spacial score (nSPS) is 20.8. The lowest BCUT2D eigenvalue weighted by molar-refractivity contribution is 0.0942. The molecule has 3 aliphatic rings. The van der Waals surface area contributed by atoms with Gasteiger partial charge in [-0.15, -0.1) is 0 Å². The van der Waals surface area contributed by atoms with Crippen molar-refractivity contribution in [2.24, 2.45) is 5.92 Å². The van der Waals surface area contributed by atoms with Crippen LogP contribution < -0.4 is 14.8 Å². The highest BCUT2D eigenvalue weighted by Crippen LogP contribution is 2.55. The Kier molecular flexibility index (Phi) is 4.70. The smallest absolute Gasteiger partial charge is 0.251 e. The third-order valence-corrected chi connectivity index (χ3v) is 6.59. The summed E-state index contributed by atoms with van der Waals surface area (Å²) in [5.41, 5.74) is 6.30. The van der Waals surface area contributed by atoms with Gasteiger partial charge in [0.2, 0.25) is 0 Å². The van der Waals surface area contributed by atoms with Crippen molar-refractivity contribution in [1.29, 1.82) is 0 Å². The highest BCUT2D eigenvalue weighted by atomic mass is 16.5. The summed E-state index contributed by atoms with van der Waals surface area (Å²) in [6.45, 7) is 0.650. The second kappa shape index (κ2) is 7.52. The Bertz CT molecular complexity index is 1060. The molecule has 4 heteroatoms. The minimum absolute atomic E-state index is 0.0843. The van der Waals surface area contributed by atoms with Crippen LogP contribution in [0.25, 0.3) is 0 Å². The van der Waals surface area contributed by atoms with Crippen LogP contribution in [0.15, 0.2) is 66.7 Å². The highest BCUT2D eigenvalue weighted by molar-refractivity contribution is 5.94. The van der Waals surface area contributed by atoms with Gasteiger partial charge in [-0.3, -0.25) is 4.79 Å². The number of amides is 1. The maximum absolute atomic E-state index is 12.8. The molecular weight excluding hydrogens is 374 g/mol. The molecule has 6 rings (SSSR count). The van der Waals surface area contributed by atoms with E-state index in [0.717, 1.165) is 6.42 Å². The number of ether oxygens (including phenoxy) is 2. The van der Waals surface area contributed by atoms with Crippen LogP contribution in [0, 0.1) is 5.92 Å². The van der Waals surface area contributed by atoms with Crippen LogP contribution in [0.3, 0.4) is 0 Å². The van der Waals surface area contributed by atoms with E-state index in [1.165, 1.54) is 22.3 Å². The molecule has 0 saturated heterocycles. The van der Waals surface area contributed by atoms with Gasteiger partial charge in [0.25, 0.3) is 5.91 Å². The molecule has 152 valence electrons. The van der Waals surface area contributed by atoms with Crippen molar-refractivity contribution in [2.75, 3.05) is 20.8 Å². The lowest BCUT2D eigenvalue weighted by atomic mass is 9.59. The van der Waals surface area contributed by atoms with Crippen LogP contribution in [0.1, 0.15) is 50.9 Å². The number of carbonyl (C=O) groups excluding carboxylic acids is 1. The molecule has 1 atom stereocenters. The molecular formula is C26H25NO3. The lowest BCUT2D eigenvalue weighted by Crippen LogP contribution is -2.39. The monoisotopic (exact) mass is 399 g/mol. The van der Waals surface area contributed by atoms with Crippen molar-refractivity contribution in [3.05, 3.63) is 94.5 Å². The first kappa shape index (κ1) is 18.7. The summed E-state index contributed by atoms with van der Waals surface area (Å²) >= 11 is 0. The number of nitrogens with one attached hydrogen (secondary N) is 1. The average molecular weight is 399 g/mol. The molecule has 1 N–H and O–H groups in total. The summed E-state index contributed by atoms with van der Waals surface area (Å²) < 4.78 is 10.6. The van der Waals surface area contributed by atoms with Crippen LogP contribution in [-0.4, -0.2) is 26.7 Å². The molecule has 0 radical (unpaired) electrons. The second-order valence-electron chi connectivity index (χ2n) is 8.06. The number of hydrogen-bond donors (Lipinski definition) is 1. The van der Waals surface area contributed by atoms with Gasteiger partial charge in [0.1, 0.15) is 0 Å². The first-order valence-corrected chi connectivity index (χ1v) is 10.4. The van der Waals surface area contributed by atoms with Crippen molar-refractivity contribution >= 4 is 5.91 Å². The number of methoxy groups -OCH3 is 2. The van der Waals surface area contributed by atoms with Crippen LogP contribution in [0.4, 0.5) is 0 Å². The summed E-state index contributed by atoms with van der Waals surface area (Å²) in [6, 6.07) is 22.8. The summed E-state index contributed by atoms with van der Waals surface area (Å²) in [5.74, 6) is 2.21. The number of fused-ring (bicyclic) bond motifs is 1. The SMILES string of the molecule is COc1ccc(C(=O)NCC2CC3c4ccccc4C2c2ccccc23)cc1OC. The van der Waals surface area contributed by atoms with E-state index in [1.54, 1.807) is 32.4 Å². The molecule has 2 bridgehead atoms. The molecule has 30 heavy (non-hydrogen) atoms. The molecule has 0 saturated carbocycles. The van der Waals surface area contributed by atoms with E-state index in [1.807, 2.05) is 0 Å². The standard InChI is InChI=1S/C26H25NO3/c1-29-23-12-11-16(14-24(23)30-2)26(28)27-15-17-13-22-18-7-3-5-9-20(18)25(17)21-10-6-4-8-19(21)22/h3-12,14,17,22,25H,13,15H2,1-2H3,(H,27,28). The fourth-order valence-corrected chi connectivity index (χ4v) is 5.26. The number of benzene rings is 3. The van der Waals surface area contributed by atoms with Crippen molar-refractivity contribution < 1.29 is 14.3 Å². The fraction of sp³-hybridized carbons (Fsp3) is 0.269. The van der Waals surface area contributed by atoms with Gasteiger partial charge in [-0.1, -0.05) is 48.5 Å². The quantitative estimate of drug-likeness (QED) is 0.675. The van der Waals surface area contributed by atoms with Crippen LogP contribution >= 0.6 is 0 Å². The zero-order valence-electron chi connectivity index (χ0n) is 17.2. The lowest BCUT2D eigenvalue weighted by Gasteiger charge is -2.45. The average Bonchev–Trinajstić information content (AvgIpc) is 2.82. The molecule has 0 spiro atoms. The maximum atomic E-state index is 12.8. The van der Waals surface area contributed by atoms with Gasteiger partial charge in [-0.25, -0.2) is 0 Å². The molecule has 0 fully saturated rings. The molecule has 0 aliphatic heterocycles. The van der Waals surface area contributed by atoms with E-state index in [4.69, 9.17) is 9.47 Å². The first-order chi connectivity index (χ1) is 14.7. The van der Waals surface area contributed by atoms with Gasteiger partial charge >= 0.3 is 0 Å². The van der Waals surface area contributed by atoms with Crippen LogP contribution in [-0.2, 0) is 0 Å². The van der Waals surface area contributed by atoms with E-state index >= 15 is 0 Å². The van der Waals surface area contributed by atoms with E-state index in [2.05, 4.69) is 53.8 Å². The van der Waals surface area contributed by atoms with Crippen molar-refractivity contribution in [2.45, 2.75) is 18.3 Å². The fourth-order valence-electron chi connectivity index (χ4n) is 5.26. The Morgan fingerprint density at radius 3 is 2.07 bits per heavy atom. The predicted molar refractivity (Wildman–Crippen MR) is 117 cm³/mol. The Balaban J connectivity index is 1.39. The zero-order valence-corrected chi connectivity index (χ0v) is 17.2. The Labute approximate surface area is 176 Å². The van der Waals surface area contributed by atoms with Gasteiger partial charge < -0.3 is 14.8 Å². The molecule has 0 aromatic heterocycles. The van der Waals surface area contributed by atoms with Gasteiger partial charge in [0.05, 0.1) is 14.2 Å². The molecule has 3 aromatic rings. The topological polar surface area (TPSA) is 47.6 Å². The molecule has 4 nitrogen and oxygen atoms in total. The number of carbonyl (C=O) groups is 1. The van der Waals surface area contributed by atoms with E-state index in [-0.39, 0.29) is 5.91 Å². The summed E-state index contributed by atoms with van der Waals surface area (Å²) in [6.07, 6.45) is 1.06. The third-order valence-electron chi connectivity index (χ3n) is 6.59. The maximum Gasteiger partial charge on any atom is 0.251 e. The van der Waals surface area contributed by atoms with Crippen molar-refractivity contribution in [3.8, 4) is 11.5 Å². The van der Waals surface area contributed by atoms with Crippen LogP contribution in [0.5, 0.6) is 11.5 Å². The Morgan fingerprint density at radius 1 is 0.867 bits per heavy atom. The Hall–Kier alpha value is -3.27. The minimum Gasteiger partial charge on any atom is -0.493 e. The van der Waals surface area contributed by atoms with Crippen molar-refractivity contribution in [1.82, 2.24) is 5.32 Å². The van der Waals surface area contributed by atoms with E-state index in [0.29, 0.717) is 41.4 Å². The number of hydrogen-bond acceptors (Lipinski definition) is 3. The summed E-state index contributed by atoms with van der Waals surface area (Å²) in [5, 5.41) is 3.17. The minimum atomic E-state index is -0.0843. The molecule has 3 aromatic carbocycles. The second-order valence-corrected chi connectivity index (χ2v) is 8.06. The summed E-state index contributed by atoms with van der Waals surface area (Å²) in [4.78, 5) is 12.8. The first-order valence-electron chi connectivity index (χ1n) is 10.4. The molecule has 3 aliphatic carbocycles. The Morgan fingerprint density at radius 2 is 1.47 bits per heavy atom. The van der Waals surface area contributed by atoms with Gasteiger partial charge in [0.15, 0.2) is 11.5 Å². The van der Waals surface area contributed by atoms with Crippen molar-refractivity contribution in [3.63, 3.8) is 0 Å². The van der Waals surface area contributed by atoms with Gasteiger partial charge in [-0.2, -0.15) is 0 Å². The van der Waals surface area contributed by atoms with Gasteiger partial charge in [0, 0.05) is 23.9 Å². The number of rotatable bonds is 5. The highest BCUT2D eigenvalue weighted by Gasteiger charge is 2.42. The third kappa shape index (κ3) is 2.95. The molecule has 1 unspecified atom stereocenters. The van der Waals surface area contributed by atoms with Gasteiger partial charge in [-0.05, 0) is 52.8 Å². The predicted octanol–water partition coefficient (Wildman–Crippen LogP) is 4.73. The summed E-state index contributed by atoms with van der Waals surface area (Å²) in [7, 11) is 3.17.